The van der Waals surface area contributed by atoms with Crippen LogP contribution in [0.3, 0.4) is 0 Å². The van der Waals surface area contributed by atoms with Crippen molar-refractivity contribution in [2.24, 2.45) is 0 Å². The van der Waals surface area contributed by atoms with Crippen molar-refractivity contribution < 1.29 is 35.1 Å². The summed E-state index contributed by atoms with van der Waals surface area (Å²) in [6.45, 7) is 3.26. The van der Waals surface area contributed by atoms with Crippen LogP contribution in [0.5, 0.6) is 0 Å². The monoisotopic (exact) mass is 250 g/mol. The summed E-state index contributed by atoms with van der Waals surface area (Å²) in [7, 11) is 0. The summed E-state index contributed by atoms with van der Waals surface area (Å²) in [6.07, 6.45) is -6.53. The third-order valence-corrected chi connectivity index (χ3v) is 2.15. The Balaban J connectivity index is 4.18. The lowest BCUT2D eigenvalue weighted by Gasteiger charge is -2.25. The lowest BCUT2D eigenvalue weighted by Crippen LogP contribution is -2.47. The van der Waals surface area contributed by atoms with Crippen molar-refractivity contribution in [2.75, 3.05) is 13.2 Å². The predicted molar refractivity (Wildman–Crippen MR) is 56.9 cm³/mol. The van der Waals surface area contributed by atoms with Gasteiger partial charge in [0.1, 0.15) is 31.0 Å². The van der Waals surface area contributed by atoms with Gasteiger partial charge in [-0.1, -0.05) is 6.58 Å². The zero-order valence-corrected chi connectivity index (χ0v) is 9.48. The molecule has 0 rings (SSSR count). The fourth-order valence-electron chi connectivity index (χ4n) is 0.949. The van der Waals surface area contributed by atoms with Gasteiger partial charge in [0.15, 0.2) is 11.5 Å². The van der Waals surface area contributed by atoms with E-state index in [0.717, 1.165) is 0 Å². The number of ketones is 1. The molecule has 0 aliphatic rings. The van der Waals surface area contributed by atoms with Crippen molar-refractivity contribution in [2.45, 2.75) is 31.3 Å². The van der Waals surface area contributed by atoms with Crippen LogP contribution in [-0.2, 0) is 9.53 Å². The number of carbonyl (C=O) groups is 1. The van der Waals surface area contributed by atoms with Crippen molar-refractivity contribution in [1.29, 1.82) is 0 Å². The van der Waals surface area contributed by atoms with Crippen LogP contribution < -0.4 is 0 Å². The zero-order chi connectivity index (χ0) is 13.6. The molecule has 0 aliphatic carbocycles. The Kier molecular flexibility index (Phi) is 6.93. The molecule has 0 saturated heterocycles. The third kappa shape index (κ3) is 5.24. The molecule has 4 atom stereocenters. The maximum atomic E-state index is 10.7. The molecule has 0 fully saturated rings. The molecular formula is C10H18O7. The highest BCUT2D eigenvalue weighted by Gasteiger charge is 2.30. The number of rotatable bonds is 8. The normalized spacial score (nSPS) is 18.0. The number of carbonyl (C=O) groups excluding carboxylic acids is 1. The van der Waals surface area contributed by atoms with Gasteiger partial charge < -0.3 is 30.3 Å². The number of hydrogen-bond acceptors (Lipinski definition) is 7. The van der Waals surface area contributed by atoms with Crippen LogP contribution in [-0.4, -0.2) is 68.9 Å². The third-order valence-electron chi connectivity index (χ3n) is 2.15. The molecule has 0 radical (unpaired) electrons. The molecule has 0 amide bonds. The number of aliphatic hydroxyl groups is 5. The number of hydrogen-bond donors (Lipinski definition) is 5. The Bertz CT molecular complexity index is 265. The minimum absolute atomic E-state index is 0.187. The van der Waals surface area contributed by atoms with Crippen LogP contribution in [0.1, 0.15) is 6.92 Å². The second-order valence-corrected chi connectivity index (χ2v) is 3.59. The second kappa shape index (κ2) is 7.36. The fraction of sp³-hybridized carbons (Fsp3) is 0.700. The Hall–Kier alpha value is -0.990. The number of allylic oxidation sites excluding steroid dienone is 1. The Morgan fingerprint density at radius 1 is 1.18 bits per heavy atom. The average Bonchev–Trinajstić information content (AvgIpc) is 2.32. The molecule has 0 spiro atoms. The molecule has 0 heterocycles. The highest BCUT2D eigenvalue weighted by molar-refractivity contribution is 5.90. The van der Waals surface area contributed by atoms with E-state index in [-0.39, 0.29) is 5.76 Å². The molecule has 0 aromatic heterocycles. The van der Waals surface area contributed by atoms with Gasteiger partial charge in [0.25, 0.3) is 0 Å². The van der Waals surface area contributed by atoms with Crippen molar-refractivity contribution in [1.82, 2.24) is 0 Å². The summed E-state index contributed by atoms with van der Waals surface area (Å²) in [4.78, 5) is 10.7. The first-order chi connectivity index (χ1) is 7.81. The largest absolute Gasteiger partial charge is 0.488 e. The zero-order valence-electron chi connectivity index (χ0n) is 9.48. The number of Topliss-reactive ketones (excluding diaryl/α,β-unsaturated/α-hetero) is 1. The van der Waals surface area contributed by atoms with Gasteiger partial charge in [-0.15, -0.1) is 0 Å². The van der Waals surface area contributed by atoms with E-state index < -0.39 is 43.4 Å². The van der Waals surface area contributed by atoms with Crippen molar-refractivity contribution >= 4 is 5.78 Å². The SMILES string of the molecule is C=C(OCC(O)C(O)C(O)C(O)CO)C(C)=O. The number of ether oxygens (including phenoxy) is 1. The van der Waals surface area contributed by atoms with Gasteiger partial charge >= 0.3 is 0 Å². The average molecular weight is 250 g/mol. The van der Waals surface area contributed by atoms with Crippen LogP contribution in [0.4, 0.5) is 0 Å². The Morgan fingerprint density at radius 2 is 1.65 bits per heavy atom. The molecule has 5 N–H and O–H groups in total. The quantitative estimate of drug-likeness (QED) is 0.239. The molecule has 7 nitrogen and oxygen atoms in total. The standard InChI is InChI=1S/C10H18O7/c1-5(12)6(2)17-4-8(14)10(16)9(15)7(13)3-11/h7-11,13-16H,2-4H2,1H3. The summed E-state index contributed by atoms with van der Waals surface area (Å²) in [5.41, 5.74) is 0. The maximum absolute atomic E-state index is 10.7. The van der Waals surface area contributed by atoms with E-state index >= 15 is 0 Å². The lowest BCUT2D eigenvalue weighted by molar-refractivity contribution is -0.129. The first kappa shape index (κ1) is 16.0. The Morgan fingerprint density at radius 3 is 2.06 bits per heavy atom. The first-order valence-corrected chi connectivity index (χ1v) is 4.97. The van der Waals surface area contributed by atoms with E-state index in [1.54, 1.807) is 0 Å². The molecular weight excluding hydrogens is 232 g/mol. The number of aliphatic hydroxyl groups excluding tert-OH is 5. The minimum atomic E-state index is -1.72. The Labute approximate surface area is 98.6 Å². The van der Waals surface area contributed by atoms with E-state index in [2.05, 4.69) is 6.58 Å². The summed E-state index contributed by atoms with van der Waals surface area (Å²) >= 11 is 0. The summed E-state index contributed by atoms with van der Waals surface area (Å²) in [6, 6.07) is 0. The van der Waals surface area contributed by atoms with Gasteiger partial charge in [0, 0.05) is 6.92 Å². The van der Waals surface area contributed by atoms with Crippen LogP contribution in [0.15, 0.2) is 12.3 Å². The highest BCUT2D eigenvalue weighted by Crippen LogP contribution is 2.07. The van der Waals surface area contributed by atoms with E-state index in [1.807, 2.05) is 0 Å². The molecule has 17 heavy (non-hydrogen) atoms. The topological polar surface area (TPSA) is 127 Å². The van der Waals surface area contributed by atoms with E-state index in [9.17, 15) is 20.1 Å². The lowest BCUT2D eigenvalue weighted by atomic mass is 10.0. The molecule has 0 aliphatic heterocycles. The first-order valence-electron chi connectivity index (χ1n) is 4.97. The van der Waals surface area contributed by atoms with E-state index in [4.69, 9.17) is 14.9 Å². The van der Waals surface area contributed by atoms with Gasteiger partial charge in [0.05, 0.1) is 6.61 Å². The van der Waals surface area contributed by atoms with Gasteiger partial charge in [-0.05, 0) is 0 Å². The molecule has 4 unspecified atom stereocenters. The van der Waals surface area contributed by atoms with Crippen LogP contribution in [0, 0.1) is 0 Å². The van der Waals surface area contributed by atoms with Crippen LogP contribution >= 0.6 is 0 Å². The van der Waals surface area contributed by atoms with Gasteiger partial charge in [-0.3, -0.25) is 4.79 Å². The predicted octanol–water partition coefficient (Wildman–Crippen LogP) is -2.46. The molecule has 100 valence electrons. The molecule has 0 aromatic carbocycles. The van der Waals surface area contributed by atoms with Gasteiger partial charge in [-0.2, -0.15) is 0 Å². The van der Waals surface area contributed by atoms with E-state index in [1.165, 1.54) is 6.92 Å². The minimum Gasteiger partial charge on any atom is -0.488 e. The smallest absolute Gasteiger partial charge is 0.193 e. The maximum Gasteiger partial charge on any atom is 0.193 e. The summed E-state index contributed by atoms with van der Waals surface area (Å²) in [5.74, 6) is -0.615. The van der Waals surface area contributed by atoms with E-state index in [0.29, 0.717) is 0 Å². The summed E-state index contributed by atoms with van der Waals surface area (Å²) in [5, 5.41) is 45.6. The van der Waals surface area contributed by atoms with Crippen LogP contribution in [0.2, 0.25) is 0 Å². The van der Waals surface area contributed by atoms with Crippen molar-refractivity contribution in [3.8, 4) is 0 Å². The second-order valence-electron chi connectivity index (χ2n) is 3.59. The summed E-state index contributed by atoms with van der Waals surface area (Å²) < 4.78 is 4.74. The van der Waals surface area contributed by atoms with Gasteiger partial charge in [0.2, 0.25) is 0 Å². The molecule has 0 bridgehead atoms. The van der Waals surface area contributed by atoms with Gasteiger partial charge in [-0.25, -0.2) is 0 Å². The fourth-order valence-corrected chi connectivity index (χ4v) is 0.949. The van der Waals surface area contributed by atoms with Crippen molar-refractivity contribution in [3.05, 3.63) is 12.3 Å². The molecule has 0 saturated carbocycles. The molecule has 0 aromatic rings. The molecule has 7 heteroatoms. The van der Waals surface area contributed by atoms with Crippen LogP contribution in [0.25, 0.3) is 0 Å². The van der Waals surface area contributed by atoms with Crippen molar-refractivity contribution in [3.63, 3.8) is 0 Å². The highest BCUT2D eigenvalue weighted by atomic mass is 16.5.